The molecule has 4 aliphatic heterocycles. The van der Waals surface area contributed by atoms with Crippen molar-refractivity contribution >= 4 is 40.3 Å². The molecule has 0 atom stereocenters. The summed E-state index contributed by atoms with van der Waals surface area (Å²) in [4.78, 5) is 20.2. The molecule has 9 nitrogen and oxygen atoms in total. The second kappa shape index (κ2) is 40.4. The average molecular weight is 1710 g/mol. The lowest BCUT2D eigenvalue weighted by atomic mass is 9.80. The van der Waals surface area contributed by atoms with Crippen LogP contribution < -0.4 is 57.8 Å². The third kappa shape index (κ3) is 19.0. The summed E-state index contributed by atoms with van der Waals surface area (Å²) in [7, 11) is 1.81. The molecule has 7 aliphatic rings. The van der Waals surface area contributed by atoms with E-state index in [1.54, 1.807) is 11.9 Å². The van der Waals surface area contributed by atoms with E-state index in [0.717, 1.165) is 109 Å². The number of benzene rings is 6. The number of aliphatic hydroxyl groups is 1. The van der Waals surface area contributed by atoms with Crippen LogP contribution in [0.2, 0.25) is 0 Å². The summed E-state index contributed by atoms with van der Waals surface area (Å²) in [6.07, 6.45) is 33.4. The van der Waals surface area contributed by atoms with Gasteiger partial charge in [0.1, 0.15) is 32.1 Å². The number of rotatable bonds is 23. The van der Waals surface area contributed by atoms with Crippen LogP contribution in [-0.2, 0) is 31.1 Å². The number of amides is 1. The van der Waals surface area contributed by atoms with E-state index < -0.39 is 0 Å². The number of carbonyl (C=O) groups is 1. The van der Waals surface area contributed by atoms with Crippen LogP contribution in [0, 0.1) is 0 Å². The first-order valence-corrected chi connectivity index (χ1v) is 41.3. The molecule has 0 radical (unpaired) electrons. The number of ether oxygens (including phenoxy) is 2. The molecule has 0 saturated heterocycles. The van der Waals surface area contributed by atoms with Crippen LogP contribution >= 0.6 is 0 Å². The number of fused-ring (bicyclic) bond motifs is 7. The Kier molecular flexibility index (Phi) is 32.4. The maximum absolute atomic E-state index is 13.5. The lowest BCUT2D eigenvalue weighted by Gasteiger charge is -2.27. The number of hydrogen-bond donors (Lipinski definition) is 1. The summed E-state index contributed by atoms with van der Waals surface area (Å²) < 4.78 is 17.9. The van der Waals surface area contributed by atoms with Gasteiger partial charge in [0.25, 0.3) is 0 Å². The van der Waals surface area contributed by atoms with E-state index in [4.69, 9.17) is 9.47 Å². The zero-order valence-electron chi connectivity index (χ0n) is 69.8. The largest absolute Gasteiger partial charge is 1.00 e. The lowest BCUT2D eigenvalue weighted by molar-refractivity contribution is -0.437. The highest BCUT2D eigenvalue weighted by Gasteiger charge is 2.46. The molecule has 6 aromatic carbocycles. The fourth-order valence-electron chi connectivity index (χ4n) is 17.5. The molecule has 11 heteroatoms. The van der Waals surface area contributed by atoms with Crippen LogP contribution in [0.5, 0.6) is 0 Å². The van der Waals surface area contributed by atoms with Gasteiger partial charge < -0.3 is 77.2 Å². The Hall–Kier alpha value is -7.33. The minimum Gasteiger partial charge on any atom is -1.00 e. The van der Waals surface area contributed by atoms with Gasteiger partial charge in [-0.05, 0) is 184 Å². The Morgan fingerprint density at radius 3 is 1.40 bits per heavy atom. The highest BCUT2D eigenvalue weighted by molar-refractivity contribution is 6.04. The molecule has 1 amide bonds. The normalized spacial score (nSPS) is 18.8. The number of aliphatic hydroxyl groups excluding tert-OH is 1. The number of allylic oxidation sites excluding steroid dienone is 15. The second-order valence-corrected chi connectivity index (χ2v) is 32.5. The first-order valence-electron chi connectivity index (χ1n) is 41.3. The number of likely N-dealkylation sites (N-methyl/N-ethyl adjacent to an activating group) is 1. The van der Waals surface area contributed by atoms with E-state index in [9.17, 15) is 9.90 Å². The topological polar surface area (TPSA) is 71.5 Å². The maximum atomic E-state index is 13.5. The Balaban J connectivity index is 0.000000267. The van der Waals surface area contributed by atoms with Gasteiger partial charge in [-0.15, -0.1) is 0 Å². The van der Waals surface area contributed by atoms with Gasteiger partial charge in [-0.3, -0.25) is 0 Å². The summed E-state index contributed by atoms with van der Waals surface area (Å²) in [5.74, 6) is 0.950. The molecular formula is C99H129I2N5O4. The number of para-hydroxylation sites is 4. The third-order valence-corrected chi connectivity index (χ3v) is 22.8. The minimum absolute atomic E-state index is 0. The molecule has 13 rings (SSSR count). The monoisotopic (exact) mass is 1710 g/mol. The van der Waals surface area contributed by atoms with Crippen molar-refractivity contribution in [2.75, 3.05) is 69.4 Å². The zero-order chi connectivity index (χ0) is 77.3. The van der Waals surface area contributed by atoms with Crippen LogP contribution in [0.3, 0.4) is 0 Å². The molecule has 6 aromatic rings. The minimum atomic E-state index is -0.340. The Bertz CT molecular complexity index is 4440. The molecule has 0 aromatic heterocycles. The van der Waals surface area contributed by atoms with Crippen molar-refractivity contribution in [1.29, 1.82) is 0 Å². The van der Waals surface area contributed by atoms with E-state index in [2.05, 4.69) is 324 Å². The highest BCUT2D eigenvalue weighted by Crippen LogP contribution is 2.51. The maximum Gasteiger partial charge on any atom is 0.409 e. The molecular weight excluding hydrogens is 1580 g/mol. The van der Waals surface area contributed by atoms with E-state index in [1.165, 1.54) is 131 Å². The summed E-state index contributed by atoms with van der Waals surface area (Å²) >= 11 is 0. The van der Waals surface area contributed by atoms with Crippen LogP contribution in [0.15, 0.2) is 239 Å². The van der Waals surface area contributed by atoms with Crippen LogP contribution in [0.1, 0.15) is 240 Å². The molecule has 588 valence electrons. The molecule has 0 unspecified atom stereocenters. The van der Waals surface area contributed by atoms with Gasteiger partial charge in [-0.1, -0.05) is 235 Å². The summed E-state index contributed by atoms with van der Waals surface area (Å²) in [5, 5.41) is 9.81. The van der Waals surface area contributed by atoms with E-state index >= 15 is 0 Å². The van der Waals surface area contributed by atoms with Gasteiger partial charge in [-0.25, -0.2) is 4.79 Å². The van der Waals surface area contributed by atoms with E-state index in [-0.39, 0.29) is 88.2 Å². The molecule has 110 heavy (non-hydrogen) atoms. The van der Waals surface area contributed by atoms with Crippen molar-refractivity contribution in [3.05, 3.63) is 273 Å². The average Bonchev–Trinajstić information content (AvgIpc) is 1.63. The first kappa shape index (κ1) is 88.2. The fourth-order valence-corrected chi connectivity index (χ4v) is 17.5. The van der Waals surface area contributed by atoms with E-state index in [0.29, 0.717) is 19.8 Å². The zero-order valence-corrected chi connectivity index (χ0v) is 74.1. The van der Waals surface area contributed by atoms with Gasteiger partial charge in [0, 0.05) is 115 Å². The van der Waals surface area contributed by atoms with Crippen molar-refractivity contribution in [2.45, 2.75) is 228 Å². The molecule has 3 aliphatic carbocycles. The smallest absolute Gasteiger partial charge is 0.409 e. The molecule has 0 bridgehead atoms. The van der Waals surface area contributed by atoms with Gasteiger partial charge in [0.2, 0.25) is 11.4 Å². The van der Waals surface area contributed by atoms with Gasteiger partial charge in [0.15, 0.2) is 11.4 Å². The molecule has 4 heterocycles. The quantitative estimate of drug-likeness (QED) is 0.0509. The number of nitrogens with zero attached hydrogens (tertiary/aromatic N) is 5. The van der Waals surface area contributed by atoms with Crippen LogP contribution in [0.25, 0.3) is 11.1 Å². The van der Waals surface area contributed by atoms with Crippen molar-refractivity contribution in [3.63, 3.8) is 0 Å². The number of halogens is 2. The third-order valence-electron chi connectivity index (χ3n) is 22.8. The van der Waals surface area contributed by atoms with Crippen molar-refractivity contribution in [1.82, 2.24) is 4.90 Å². The van der Waals surface area contributed by atoms with Gasteiger partial charge in [-0.2, -0.15) is 9.15 Å². The van der Waals surface area contributed by atoms with Crippen LogP contribution in [0.4, 0.5) is 27.5 Å². The SMILES string of the molecule is CCC.CCC.CCCN1/C(=C/C=C2\CCCC(/C=C/C3=[N+](CCC)c4ccccc4C3(C)C)=C2CCCO)C(C)(C)c2ccccc21.CCCN1/C(=C/C=C2\CCCC(/C=C/C3=[N+](CCC)c4ccccc4C3(C)C)=C2OCCN(C)C(=O)OCC2c3ccccc3-c3ccccc32)C(C)(C)c2ccccc21.[I-].[I-]. The predicted molar refractivity (Wildman–Crippen MR) is 458 cm³/mol. The molecule has 0 spiro atoms. The summed E-state index contributed by atoms with van der Waals surface area (Å²) in [6, 6.07) is 52.4. The van der Waals surface area contributed by atoms with Gasteiger partial charge in [0.05, 0.1) is 17.4 Å². The Morgan fingerprint density at radius 1 is 0.509 bits per heavy atom. The fraction of sp³-hybridized carbons (Fsp3) is 0.444. The second-order valence-electron chi connectivity index (χ2n) is 32.5. The Labute approximate surface area is 697 Å². The van der Waals surface area contributed by atoms with Gasteiger partial charge >= 0.3 is 6.09 Å². The van der Waals surface area contributed by atoms with Crippen LogP contribution in [-0.4, -0.2) is 96.3 Å². The molecule has 0 fully saturated rings. The van der Waals surface area contributed by atoms with E-state index in [1.807, 2.05) is 0 Å². The predicted octanol–water partition coefficient (Wildman–Crippen LogP) is 18.5. The lowest BCUT2D eigenvalue weighted by Crippen LogP contribution is -3.00. The van der Waals surface area contributed by atoms with Crippen molar-refractivity contribution < 1.29 is 76.5 Å². The standard InChI is InChI=1S/C54H62N3O3.C39H51N2O.2C3H8.2HI/c1-8-33-56-47-27-16-14-25-45(47)53(3,4)49(56)31-29-38-19-18-20-39(30-32-50-54(5,6)46-26-15-17-28-48(46)57(50)34-9-2)51(38)59-36-35-55(7)52(58)60-37-44-42-23-12-10-21-40(42)41-22-11-13-24-43(41)44;1-7-26-40-34-20-11-9-18-32(34)38(3,4)36(40)24-22-29-15-13-16-30(31(29)17-14-28-42)23-25-37-39(5,6)33-19-10-12-21-35(33)41(37)27-8-2;2*1-3-2;;/h10-17,21-32,44H,8-9,18-20,33-37H2,1-7H3;9-12,18-25,42H,7-8,13-17,26-28H2,1-6H3;2*3H2,1-2H3;2*1H/q2*+1;;;;/p-2. The number of carbonyl (C=O) groups excluding carboxylic acids is 1. The Morgan fingerprint density at radius 2 is 0.927 bits per heavy atom. The number of hydrogen-bond acceptors (Lipinski definition) is 6. The summed E-state index contributed by atoms with van der Waals surface area (Å²) in [6.45, 7) is 41.6. The number of anilines is 2. The molecule has 1 N–H and O–H groups in total. The van der Waals surface area contributed by atoms with Crippen molar-refractivity contribution in [2.24, 2.45) is 0 Å². The molecule has 0 saturated carbocycles. The summed E-state index contributed by atoms with van der Waals surface area (Å²) in [5.41, 5.74) is 27.5. The van der Waals surface area contributed by atoms with Crippen molar-refractivity contribution in [3.8, 4) is 11.1 Å². The first-order chi connectivity index (χ1) is 52.1. The highest BCUT2D eigenvalue weighted by atomic mass is 127.